The molecule has 0 saturated carbocycles. The molecule has 3 aromatic carbocycles. The normalized spacial score (nSPS) is 11.1. The Labute approximate surface area is 197 Å². The number of rotatable bonds is 8. The maximum absolute atomic E-state index is 13.7. The highest BCUT2D eigenvalue weighted by atomic mass is 16.5. The number of fused-ring (bicyclic) bond motifs is 1. The number of ether oxygens (including phenoxy) is 4. The van der Waals surface area contributed by atoms with Crippen LogP contribution in [0.5, 0.6) is 23.0 Å². The molecule has 7 nitrogen and oxygen atoms in total. The SMILES string of the molecule is CCOc1ccc(-n2c(C=Cc3ccccc3OC)nc3cc(OC)c(OC)cc3c2=O)cc1. The molecule has 0 saturated heterocycles. The first-order valence-corrected chi connectivity index (χ1v) is 10.8. The minimum atomic E-state index is -0.227. The first kappa shape index (κ1) is 22.9. The van der Waals surface area contributed by atoms with E-state index in [1.54, 1.807) is 37.0 Å². The average molecular weight is 459 g/mol. The molecule has 0 aliphatic rings. The average Bonchev–Trinajstić information content (AvgIpc) is 2.87. The van der Waals surface area contributed by atoms with Crippen LogP contribution in [0.15, 0.2) is 65.5 Å². The van der Waals surface area contributed by atoms with Crippen LogP contribution in [0, 0.1) is 0 Å². The molecule has 0 N–H and O–H groups in total. The summed E-state index contributed by atoms with van der Waals surface area (Å²) in [5, 5.41) is 0.418. The molecule has 7 heteroatoms. The molecule has 0 aliphatic carbocycles. The minimum absolute atomic E-state index is 0.227. The summed E-state index contributed by atoms with van der Waals surface area (Å²) >= 11 is 0. The molecule has 0 amide bonds. The molecule has 0 unspecified atom stereocenters. The summed E-state index contributed by atoms with van der Waals surface area (Å²) in [6.45, 7) is 2.49. The van der Waals surface area contributed by atoms with E-state index in [1.807, 2.05) is 61.5 Å². The standard InChI is InChI=1S/C27H26N2O5/c1-5-34-20-13-11-19(12-14-20)29-26(15-10-18-8-6-7-9-23(18)31-2)28-22-17-25(33-4)24(32-3)16-21(22)27(29)30/h6-17H,5H2,1-4H3. The molecule has 0 fully saturated rings. The summed E-state index contributed by atoms with van der Waals surface area (Å²) < 4.78 is 23.4. The van der Waals surface area contributed by atoms with Crippen LogP contribution in [-0.2, 0) is 0 Å². The van der Waals surface area contributed by atoms with E-state index < -0.39 is 0 Å². The van der Waals surface area contributed by atoms with E-state index >= 15 is 0 Å². The molecule has 4 aromatic rings. The van der Waals surface area contributed by atoms with Gasteiger partial charge in [-0.05, 0) is 55.5 Å². The Hall–Kier alpha value is -4.26. The first-order valence-electron chi connectivity index (χ1n) is 10.8. The van der Waals surface area contributed by atoms with Crippen LogP contribution in [0.3, 0.4) is 0 Å². The van der Waals surface area contributed by atoms with Gasteiger partial charge < -0.3 is 18.9 Å². The zero-order valence-electron chi connectivity index (χ0n) is 19.6. The first-order chi connectivity index (χ1) is 16.6. The zero-order valence-corrected chi connectivity index (χ0v) is 19.6. The summed E-state index contributed by atoms with van der Waals surface area (Å²) in [7, 11) is 4.70. The largest absolute Gasteiger partial charge is 0.496 e. The van der Waals surface area contributed by atoms with Crippen molar-refractivity contribution < 1.29 is 18.9 Å². The molecule has 0 radical (unpaired) electrons. The van der Waals surface area contributed by atoms with Gasteiger partial charge in [0.05, 0.1) is 44.5 Å². The highest BCUT2D eigenvalue weighted by molar-refractivity contribution is 5.84. The number of nitrogens with zero attached hydrogens (tertiary/aromatic N) is 2. The van der Waals surface area contributed by atoms with Crippen LogP contribution in [0.2, 0.25) is 0 Å². The van der Waals surface area contributed by atoms with Crippen LogP contribution < -0.4 is 24.5 Å². The Balaban J connectivity index is 1.95. The van der Waals surface area contributed by atoms with E-state index in [-0.39, 0.29) is 5.56 Å². The Morgan fingerprint density at radius 3 is 2.21 bits per heavy atom. The van der Waals surface area contributed by atoms with Crippen LogP contribution in [0.1, 0.15) is 18.3 Å². The van der Waals surface area contributed by atoms with Gasteiger partial charge in [0.2, 0.25) is 0 Å². The summed E-state index contributed by atoms with van der Waals surface area (Å²) in [6.07, 6.45) is 3.67. The number of hydrogen-bond acceptors (Lipinski definition) is 6. The molecule has 0 bridgehead atoms. The molecule has 1 aromatic heterocycles. The van der Waals surface area contributed by atoms with Crippen molar-refractivity contribution in [2.45, 2.75) is 6.92 Å². The van der Waals surface area contributed by atoms with E-state index in [0.29, 0.717) is 40.5 Å². The molecule has 174 valence electrons. The van der Waals surface area contributed by atoms with E-state index in [4.69, 9.17) is 23.9 Å². The molecule has 1 heterocycles. The van der Waals surface area contributed by atoms with Gasteiger partial charge in [0.1, 0.15) is 17.3 Å². The van der Waals surface area contributed by atoms with Crippen molar-refractivity contribution in [1.82, 2.24) is 9.55 Å². The van der Waals surface area contributed by atoms with E-state index in [2.05, 4.69) is 0 Å². The van der Waals surface area contributed by atoms with Crippen molar-refractivity contribution in [3.63, 3.8) is 0 Å². The van der Waals surface area contributed by atoms with Gasteiger partial charge in [-0.2, -0.15) is 0 Å². The fraction of sp³-hybridized carbons (Fsp3) is 0.185. The summed E-state index contributed by atoms with van der Waals surface area (Å²) in [5.74, 6) is 2.87. The smallest absolute Gasteiger partial charge is 0.266 e. The van der Waals surface area contributed by atoms with Crippen molar-refractivity contribution in [3.8, 4) is 28.7 Å². The van der Waals surface area contributed by atoms with Gasteiger partial charge in [-0.15, -0.1) is 0 Å². The lowest BCUT2D eigenvalue weighted by atomic mass is 10.1. The van der Waals surface area contributed by atoms with E-state index in [0.717, 1.165) is 17.1 Å². The van der Waals surface area contributed by atoms with Crippen molar-refractivity contribution in [1.29, 1.82) is 0 Å². The maximum Gasteiger partial charge on any atom is 0.266 e. The fourth-order valence-electron chi connectivity index (χ4n) is 3.72. The highest BCUT2D eigenvalue weighted by Crippen LogP contribution is 2.31. The summed E-state index contributed by atoms with van der Waals surface area (Å²) in [4.78, 5) is 18.5. The van der Waals surface area contributed by atoms with Gasteiger partial charge >= 0.3 is 0 Å². The lowest BCUT2D eigenvalue weighted by molar-refractivity contribution is 0.340. The number of aromatic nitrogens is 2. The fourth-order valence-corrected chi connectivity index (χ4v) is 3.72. The molecule has 0 spiro atoms. The maximum atomic E-state index is 13.7. The van der Waals surface area contributed by atoms with Crippen LogP contribution in [0.25, 0.3) is 28.7 Å². The molecule has 34 heavy (non-hydrogen) atoms. The van der Waals surface area contributed by atoms with Gasteiger partial charge in [-0.25, -0.2) is 4.98 Å². The third-order valence-corrected chi connectivity index (χ3v) is 5.36. The van der Waals surface area contributed by atoms with Crippen LogP contribution in [-0.4, -0.2) is 37.5 Å². The minimum Gasteiger partial charge on any atom is -0.496 e. The van der Waals surface area contributed by atoms with Gasteiger partial charge in [-0.1, -0.05) is 18.2 Å². The third kappa shape index (κ3) is 4.45. The Morgan fingerprint density at radius 1 is 0.853 bits per heavy atom. The lowest BCUT2D eigenvalue weighted by Crippen LogP contribution is -2.22. The number of benzene rings is 3. The Morgan fingerprint density at radius 2 is 1.53 bits per heavy atom. The molecule has 0 atom stereocenters. The summed E-state index contributed by atoms with van der Waals surface area (Å²) in [5.41, 5.74) is 1.81. The van der Waals surface area contributed by atoms with Crippen molar-refractivity contribution in [2.24, 2.45) is 0 Å². The molecular weight excluding hydrogens is 432 g/mol. The third-order valence-electron chi connectivity index (χ3n) is 5.36. The molecular formula is C27H26N2O5. The predicted molar refractivity (Wildman–Crippen MR) is 134 cm³/mol. The van der Waals surface area contributed by atoms with Crippen molar-refractivity contribution in [2.75, 3.05) is 27.9 Å². The number of hydrogen-bond donors (Lipinski definition) is 0. The second-order valence-corrected chi connectivity index (χ2v) is 7.34. The number of para-hydroxylation sites is 1. The highest BCUT2D eigenvalue weighted by Gasteiger charge is 2.15. The van der Waals surface area contributed by atoms with Crippen LogP contribution >= 0.6 is 0 Å². The second kappa shape index (κ2) is 10.1. The Kier molecular flexibility index (Phi) is 6.82. The van der Waals surface area contributed by atoms with Crippen LogP contribution in [0.4, 0.5) is 0 Å². The summed E-state index contributed by atoms with van der Waals surface area (Å²) in [6, 6.07) is 18.3. The van der Waals surface area contributed by atoms with Gasteiger partial charge in [0.15, 0.2) is 11.5 Å². The monoisotopic (exact) mass is 458 g/mol. The van der Waals surface area contributed by atoms with Crippen molar-refractivity contribution in [3.05, 3.63) is 82.4 Å². The second-order valence-electron chi connectivity index (χ2n) is 7.34. The Bertz CT molecular complexity index is 1390. The zero-order chi connectivity index (χ0) is 24.1. The van der Waals surface area contributed by atoms with Gasteiger partial charge in [-0.3, -0.25) is 9.36 Å². The van der Waals surface area contributed by atoms with E-state index in [1.165, 1.54) is 7.11 Å². The molecule has 0 aliphatic heterocycles. The predicted octanol–water partition coefficient (Wildman–Crippen LogP) is 4.98. The lowest BCUT2D eigenvalue weighted by Gasteiger charge is -2.14. The molecule has 4 rings (SSSR count). The van der Waals surface area contributed by atoms with Crippen molar-refractivity contribution >= 4 is 23.1 Å². The topological polar surface area (TPSA) is 71.8 Å². The van der Waals surface area contributed by atoms with Gasteiger partial charge in [0, 0.05) is 11.6 Å². The van der Waals surface area contributed by atoms with Gasteiger partial charge in [0.25, 0.3) is 5.56 Å². The quantitative estimate of drug-likeness (QED) is 0.371. The van der Waals surface area contributed by atoms with E-state index in [9.17, 15) is 4.79 Å². The number of methoxy groups -OCH3 is 3.